The summed E-state index contributed by atoms with van der Waals surface area (Å²) >= 11 is 0. The van der Waals surface area contributed by atoms with Gasteiger partial charge < -0.3 is 24.3 Å². The molecule has 2 N–H and O–H groups in total. The SMILES string of the molecule is C=[N+]1C=C(COc2ccc3oc(C)c(C(=O)NC4(CO)CCOCC4)c3c2)N=N1. The van der Waals surface area contributed by atoms with Gasteiger partial charge in [-0.05, 0) is 38.0 Å². The van der Waals surface area contributed by atoms with Crippen LogP contribution >= 0.6 is 0 Å². The van der Waals surface area contributed by atoms with Gasteiger partial charge in [-0.25, -0.2) is 0 Å². The first-order chi connectivity index (χ1) is 14.0. The number of nitrogens with zero attached hydrogens (tertiary/aromatic N) is 3. The van der Waals surface area contributed by atoms with E-state index in [9.17, 15) is 9.90 Å². The molecule has 2 aliphatic heterocycles. The van der Waals surface area contributed by atoms with Crippen LogP contribution in [0.2, 0.25) is 0 Å². The number of furan rings is 1. The van der Waals surface area contributed by atoms with Crippen molar-refractivity contribution >= 4 is 23.6 Å². The molecule has 3 heterocycles. The average molecular weight is 399 g/mol. The van der Waals surface area contributed by atoms with E-state index in [-0.39, 0.29) is 19.1 Å². The van der Waals surface area contributed by atoms with Crippen LogP contribution < -0.4 is 10.1 Å². The Bertz CT molecular complexity index is 1020. The van der Waals surface area contributed by atoms with Crippen LogP contribution in [0.4, 0.5) is 0 Å². The van der Waals surface area contributed by atoms with Crippen molar-refractivity contribution in [2.75, 3.05) is 26.4 Å². The van der Waals surface area contributed by atoms with Gasteiger partial charge in [-0.1, -0.05) is 0 Å². The third kappa shape index (κ3) is 3.92. The van der Waals surface area contributed by atoms with Crippen LogP contribution in [0, 0.1) is 6.92 Å². The molecule has 1 saturated heterocycles. The Morgan fingerprint density at radius 1 is 1.41 bits per heavy atom. The number of amides is 1. The summed E-state index contributed by atoms with van der Waals surface area (Å²) in [5.74, 6) is 0.804. The molecule has 9 nitrogen and oxygen atoms in total. The molecule has 1 aromatic carbocycles. The smallest absolute Gasteiger partial charge is 0.258 e. The molecular weight excluding hydrogens is 376 g/mol. The van der Waals surface area contributed by atoms with E-state index in [1.165, 1.54) is 4.68 Å². The zero-order chi connectivity index (χ0) is 20.4. The Kier molecular flexibility index (Phi) is 5.16. The molecule has 0 saturated carbocycles. The zero-order valence-corrected chi connectivity index (χ0v) is 16.2. The average Bonchev–Trinajstić information content (AvgIpc) is 3.28. The van der Waals surface area contributed by atoms with Gasteiger partial charge in [-0.3, -0.25) is 4.79 Å². The second kappa shape index (κ2) is 7.76. The van der Waals surface area contributed by atoms with Gasteiger partial charge in [0.2, 0.25) is 0 Å². The molecule has 0 unspecified atom stereocenters. The maximum Gasteiger partial charge on any atom is 0.258 e. The molecule has 1 aromatic heterocycles. The van der Waals surface area contributed by atoms with Gasteiger partial charge in [0.15, 0.2) is 12.8 Å². The summed E-state index contributed by atoms with van der Waals surface area (Å²) in [5, 5.41) is 21.2. The number of hydrogen-bond donors (Lipinski definition) is 2. The number of carbonyl (C=O) groups is 1. The predicted molar refractivity (Wildman–Crippen MR) is 104 cm³/mol. The van der Waals surface area contributed by atoms with Crippen molar-refractivity contribution in [3.8, 4) is 5.75 Å². The van der Waals surface area contributed by atoms with Crippen LogP contribution in [0.1, 0.15) is 29.0 Å². The lowest BCUT2D eigenvalue weighted by Crippen LogP contribution is -2.54. The fraction of sp³-hybridized carbons (Fsp3) is 0.400. The zero-order valence-electron chi connectivity index (χ0n) is 16.2. The van der Waals surface area contributed by atoms with E-state index in [2.05, 4.69) is 22.4 Å². The number of rotatable bonds is 6. The maximum atomic E-state index is 13.1. The summed E-state index contributed by atoms with van der Waals surface area (Å²) in [6.45, 7) is 6.48. The van der Waals surface area contributed by atoms with Gasteiger partial charge in [-0.2, -0.15) is 0 Å². The Morgan fingerprint density at radius 2 is 2.21 bits per heavy atom. The van der Waals surface area contributed by atoms with Crippen molar-refractivity contribution in [3.63, 3.8) is 0 Å². The summed E-state index contributed by atoms with van der Waals surface area (Å²) in [6.07, 6.45) is 2.79. The van der Waals surface area contributed by atoms with Crippen molar-refractivity contribution in [2.45, 2.75) is 25.3 Å². The van der Waals surface area contributed by atoms with Crippen LogP contribution in [0.15, 0.2) is 44.9 Å². The third-order valence-corrected chi connectivity index (χ3v) is 5.17. The first-order valence-electron chi connectivity index (χ1n) is 9.39. The predicted octanol–water partition coefficient (Wildman–Crippen LogP) is 2.33. The van der Waals surface area contributed by atoms with E-state index in [0.29, 0.717) is 59.8 Å². The number of fused-ring (bicyclic) bond motifs is 1. The summed E-state index contributed by atoms with van der Waals surface area (Å²) < 4.78 is 18.3. The van der Waals surface area contributed by atoms with Crippen molar-refractivity contribution in [2.24, 2.45) is 10.3 Å². The fourth-order valence-electron chi connectivity index (χ4n) is 3.52. The molecule has 0 spiro atoms. The van der Waals surface area contributed by atoms with Crippen molar-refractivity contribution < 1.29 is 28.5 Å². The molecule has 9 heteroatoms. The monoisotopic (exact) mass is 399 g/mol. The minimum atomic E-state index is -0.681. The molecule has 2 aliphatic rings. The highest BCUT2D eigenvalue weighted by Crippen LogP contribution is 2.30. The molecular formula is C20H23N4O5+. The second-order valence-corrected chi connectivity index (χ2v) is 7.23. The van der Waals surface area contributed by atoms with Crippen molar-refractivity contribution in [3.05, 3.63) is 41.4 Å². The normalized spacial score (nSPS) is 18.1. The summed E-state index contributed by atoms with van der Waals surface area (Å²) in [7, 11) is 0. The van der Waals surface area contributed by atoms with E-state index in [0.717, 1.165) is 0 Å². The number of aryl methyl sites for hydroxylation is 1. The highest BCUT2D eigenvalue weighted by molar-refractivity contribution is 6.07. The lowest BCUT2D eigenvalue weighted by molar-refractivity contribution is -0.454. The molecule has 29 heavy (non-hydrogen) atoms. The number of benzene rings is 1. The van der Waals surface area contributed by atoms with Gasteiger partial charge >= 0.3 is 0 Å². The van der Waals surface area contributed by atoms with Crippen LogP contribution in [0.5, 0.6) is 5.75 Å². The van der Waals surface area contributed by atoms with Gasteiger partial charge in [0.05, 0.1) is 29.5 Å². The first-order valence-corrected chi connectivity index (χ1v) is 9.39. The second-order valence-electron chi connectivity index (χ2n) is 7.23. The Balaban J connectivity index is 1.57. The number of aliphatic hydroxyl groups is 1. The van der Waals surface area contributed by atoms with E-state index >= 15 is 0 Å². The van der Waals surface area contributed by atoms with Crippen LogP contribution in [0.3, 0.4) is 0 Å². The number of ether oxygens (including phenoxy) is 2. The molecule has 4 rings (SSSR count). The Labute approximate surface area is 167 Å². The topological polar surface area (TPSA) is 109 Å². The minimum absolute atomic E-state index is 0.141. The number of aliphatic hydroxyl groups excluding tert-OH is 1. The molecule has 0 aliphatic carbocycles. The molecule has 0 bridgehead atoms. The molecule has 152 valence electrons. The summed E-state index contributed by atoms with van der Waals surface area (Å²) in [4.78, 5) is 13.1. The van der Waals surface area contributed by atoms with Crippen molar-refractivity contribution in [1.29, 1.82) is 0 Å². The third-order valence-electron chi connectivity index (χ3n) is 5.17. The molecule has 1 amide bonds. The minimum Gasteiger partial charge on any atom is -0.485 e. The summed E-state index contributed by atoms with van der Waals surface area (Å²) in [5.41, 5.74) is 0.993. The van der Waals surface area contributed by atoms with E-state index in [1.807, 2.05) is 0 Å². The molecule has 1 fully saturated rings. The quantitative estimate of drug-likeness (QED) is 0.725. The highest BCUT2D eigenvalue weighted by Gasteiger charge is 2.35. The number of carbonyl (C=O) groups excluding carboxylic acids is 1. The standard InChI is InChI=1S/C20H22N4O5/c1-13-18(19(26)21-20(12-25)5-7-27-8-6-20)16-9-15(3-4-17(16)29-13)28-11-14-10-24(2)23-22-14/h3-4,9-10,25H,2,5-8,11-12H2,1H3/p+1. The molecule has 0 radical (unpaired) electrons. The van der Waals surface area contributed by atoms with E-state index in [1.54, 1.807) is 31.3 Å². The van der Waals surface area contributed by atoms with Gasteiger partial charge in [0, 0.05) is 18.6 Å². The highest BCUT2D eigenvalue weighted by atomic mass is 16.5. The molecule has 0 atom stereocenters. The van der Waals surface area contributed by atoms with Crippen LogP contribution in [0.25, 0.3) is 11.0 Å². The van der Waals surface area contributed by atoms with Crippen LogP contribution in [-0.4, -0.2) is 54.4 Å². The van der Waals surface area contributed by atoms with Crippen molar-refractivity contribution in [1.82, 2.24) is 5.32 Å². The maximum absolute atomic E-state index is 13.1. The van der Waals surface area contributed by atoms with Crippen LogP contribution in [-0.2, 0) is 4.74 Å². The largest absolute Gasteiger partial charge is 0.485 e. The Hall–Kier alpha value is -3.04. The van der Waals surface area contributed by atoms with E-state index < -0.39 is 5.54 Å². The number of nitrogens with one attached hydrogen (secondary N) is 1. The van der Waals surface area contributed by atoms with E-state index in [4.69, 9.17) is 13.9 Å². The van der Waals surface area contributed by atoms with Gasteiger partial charge in [0.25, 0.3) is 11.6 Å². The Morgan fingerprint density at radius 3 is 2.90 bits per heavy atom. The van der Waals surface area contributed by atoms with Gasteiger partial charge in [-0.15, -0.1) is 4.68 Å². The number of hydrogen-bond acceptors (Lipinski definition) is 7. The lowest BCUT2D eigenvalue weighted by atomic mass is 9.90. The fourth-order valence-corrected chi connectivity index (χ4v) is 3.52. The first kappa shape index (κ1) is 19.3. The van der Waals surface area contributed by atoms with Gasteiger partial charge in [0.1, 0.15) is 22.3 Å². The lowest BCUT2D eigenvalue weighted by Gasteiger charge is -2.36. The summed E-state index contributed by atoms with van der Waals surface area (Å²) in [6, 6.07) is 5.31. The molecule has 2 aromatic rings.